The third-order valence-electron chi connectivity index (χ3n) is 4.57. The fourth-order valence-corrected chi connectivity index (χ4v) is 3.20. The van der Waals surface area contributed by atoms with E-state index in [1.54, 1.807) is 19.2 Å². The molecular formula is C20H29FN4O2S. The highest BCUT2D eigenvalue weighted by Crippen LogP contribution is 2.19. The van der Waals surface area contributed by atoms with Crippen molar-refractivity contribution in [2.24, 2.45) is 5.92 Å². The molecule has 1 N–H and O–H groups in total. The summed E-state index contributed by atoms with van der Waals surface area (Å²) in [6.45, 7) is 7.90. The topological polar surface area (TPSA) is 67.3 Å². The van der Waals surface area contributed by atoms with Gasteiger partial charge in [0.05, 0.1) is 6.61 Å². The van der Waals surface area contributed by atoms with Gasteiger partial charge in [0.1, 0.15) is 11.6 Å². The van der Waals surface area contributed by atoms with Crippen LogP contribution in [0.3, 0.4) is 0 Å². The lowest BCUT2D eigenvalue weighted by atomic mass is 10.1. The van der Waals surface area contributed by atoms with Crippen LogP contribution < -0.4 is 10.2 Å². The Hall–Kier alpha value is -2.06. The predicted molar refractivity (Wildman–Crippen MR) is 110 cm³/mol. The minimum Gasteiger partial charge on any atom is -0.383 e. The van der Waals surface area contributed by atoms with E-state index in [4.69, 9.17) is 4.74 Å². The number of ether oxygens (including phenoxy) is 1. The number of nitrogens with one attached hydrogen (secondary N) is 1. The van der Waals surface area contributed by atoms with Crippen LogP contribution in [0.5, 0.6) is 0 Å². The molecule has 2 rings (SSSR count). The second kappa shape index (κ2) is 11.1. The number of anilines is 1. The van der Waals surface area contributed by atoms with Gasteiger partial charge in [0.15, 0.2) is 0 Å². The summed E-state index contributed by atoms with van der Waals surface area (Å²) in [5, 5.41) is 3.79. The van der Waals surface area contributed by atoms with Crippen LogP contribution in [0, 0.1) is 11.7 Å². The number of nitrogens with zero attached hydrogens (tertiary/aromatic N) is 3. The molecule has 0 bridgehead atoms. The first-order valence-corrected chi connectivity index (χ1v) is 10.3. The van der Waals surface area contributed by atoms with Crippen molar-refractivity contribution in [3.63, 3.8) is 0 Å². The summed E-state index contributed by atoms with van der Waals surface area (Å²) in [4.78, 5) is 18.8. The van der Waals surface area contributed by atoms with Gasteiger partial charge in [0.2, 0.25) is 11.0 Å². The van der Waals surface area contributed by atoms with E-state index in [0.717, 1.165) is 10.7 Å². The Morgan fingerprint density at radius 3 is 2.61 bits per heavy atom. The van der Waals surface area contributed by atoms with Crippen LogP contribution in [0.4, 0.5) is 9.52 Å². The van der Waals surface area contributed by atoms with E-state index in [-0.39, 0.29) is 17.8 Å². The predicted octanol–water partition coefficient (Wildman–Crippen LogP) is 3.27. The van der Waals surface area contributed by atoms with E-state index < -0.39 is 0 Å². The molecule has 2 aromatic rings. The Morgan fingerprint density at radius 2 is 1.96 bits per heavy atom. The molecule has 0 aliphatic heterocycles. The molecule has 0 radical (unpaired) electrons. The van der Waals surface area contributed by atoms with E-state index in [0.29, 0.717) is 44.3 Å². The summed E-state index contributed by atoms with van der Waals surface area (Å²) >= 11 is 1.30. The molecule has 1 aromatic carbocycles. The normalized spacial score (nSPS) is 12.2. The average Bonchev–Trinajstić information content (AvgIpc) is 3.12. The lowest BCUT2D eigenvalue weighted by Gasteiger charge is -2.22. The molecule has 0 aliphatic rings. The first-order chi connectivity index (χ1) is 13.4. The maximum Gasteiger partial charge on any atom is 0.221 e. The van der Waals surface area contributed by atoms with Gasteiger partial charge in [0.25, 0.3) is 0 Å². The van der Waals surface area contributed by atoms with Gasteiger partial charge in [-0.3, -0.25) is 4.79 Å². The summed E-state index contributed by atoms with van der Waals surface area (Å²) in [5.74, 6) is 0.851. The molecule has 0 spiro atoms. The average molecular weight is 409 g/mol. The van der Waals surface area contributed by atoms with Crippen LogP contribution in [0.25, 0.3) is 0 Å². The van der Waals surface area contributed by atoms with Gasteiger partial charge in [-0.05, 0) is 30.5 Å². The Morgan fingerprint density at radius 1 is 1.25 bits per heavy atom. The quantitative estimate of drug-likeness (QED) is 0.618. The van der Waals surface area contributed by atoms with Gasteiger partial charge in [-0.1, -0.05) is 26.0 Å². The number of rotatable bonds is 11. The molecule has 0 saturated carbocycles. The number of halogens is 1. The van der Waals surface area contributed by atoms with Crippen molar-refractivity contribution >= 4 is 22.6 Å². The highest BCUT2D eigenvalue weighted by molar-refractivity contribution is 7.09. The van der Waals surface area contributed by atoms with Crippen molar-refractivity contribution in [2.45, 2.75) is 39.7 Å². The molecule has 28 heavy (non-hydrogen) atoms. The largest absolute Gasteiger partial charge is 0.383 e. The van der Waals surface area contributed by atoms with Crippen molar-refractivity contribution in [3.05, 3.63) is 41.5 Å². The van der Waals surface area contributed by atoms with Gasteiger partial charge in [-0.25, -0.2) is 9.37 Å². The zero-order valence-electron chi connectivity index (χ0n) is 16.9. The van der Waals surface area contributed by atoms with E-state index >= 15 is 0 Å². The van der Waals surface area contributed by atoms with Crippen molar-refractivity contribution in [2.75, 3.05) is 31.7 Å². The molecule has 0 saturated heterocycles. The molecule has 0 fully saturated rings. The highest BCUT2D eigenvalue weighted by atomic mass is 32.1. The Balaban J connectivity index is 1.97. The lowest BCUT2D eigenvalue weighted by Crippen LogP contribution is -2.38. The van der Waals surface area contributed by atoms with Crippen molar-refractivity contribution in [1.29, 1.82) is 0 Å². The lowest BCUT2D eigenvalue weighted by molar-refractivity contribution is -0.121. The van der Waals surface area contributed by atoms with Gasteiger partial charge >= 0.3 is 0 Å². The third kappa shape index (κ3) is 7.16. The van der Waals surface area contributed by atoms with Gasteiger partial charge in [0, 0.05) is 50.6 Å². The number of amides is 1. The Bertz CT molecular complexity index is 736. The molecule has 1 heterocycles. The summed E-state index contributed by atoms with van der Waals surface area (Å²) < 4.78 is 22.7. The number of benzene rings is 1. The monoisotopic (exact) mass is 408 g/mol. The summed E-state index contributed by atoms with van der Waals surface area (Å²) in [5.41, 5.74) is 0.955. The highest BCUT2D eigenvalue weighted by Gasteiger charge is 2.16. The van der Waals surface area contributed by atoms with Crippen LogP contribution in [0.2, 0.25) is 0 Å². The van der Waals surface area contributed by atoms with Gasteiger partial charge in [-0.2, -0.15) is 4.37 Å². The van der Waals surface area contributed by atoms with Crippen LogP contribution in [0.1, 0.15) is 38.6 Å². The van der Waals surface area contributed by atoms with Crippen LogP contribution in [0.15, 0.2) is 24.3 Å². The smallest absolute Gasteiger partial charge is 0.221 e. The maximum absolute atomic E-state index is 13.0. The molecule has 1 aromatic heterocycles. The fraction of sp³-hybridized carbons (Fsp3) is 0.550. The molecule has 1 amide bonds. The molecule has 0 aliphatic carbocycles. The second-order valence-electron chi connectivity index (χ2n) is 7.13. The van der Waals surface area contributed by atoms with E-state index in [1.807, 2.05) is 11.8 Å². The number of methoxy groups -OCH3 is 1. The van der Waals surface area contributed by atoms with E-state index in [9.17, 15) is 9.18 Å². The van der Waals surface area contributed by atoms with Crippen molar-refractivity contribution < 1.29 is 13.9 Å². The molecule has 1 atom stereocenters. The summed E-state index contributed by atoms with van der Waals surface area (Å²) in [6, 6.07) is 6.48. The number of carbonyl (C=O) groups is 1. The maximum atomic E-state index is 13.0. The van der Waals surface area contributed by atoms with Crippen LogP contribution >= 0.6 is 11.5 Å². The van der Waals surface area contributed by atoms with E-state index in [2.05, 4.69) is 28.5 Å². The zero-order chi connectivity index (χ0) is 20.5. The van der Waals surface area contributed by atoms with Crippen LogP contribution in [-0.2, 0) is 16.0 Å². The SMILES string of the molecule is COCCN(CCC(=O)NC(C)C(C)C)c1nc(Cc2ccc(F)cc2)ns1. The summed E-state index contributed by atoms with van der Waals surface area (Å²) in [7, 11) is 1.65. The molecule has 6 nitrogen and oxygen atoms in total. The van der Waals surface area contributed by atoms with Gasteiger partial charge < -0.3 is 15.0 Å². The first-order valence-electron chi connectivity index (χ1n) is 9.49. The molecule has 8 heteroatoms. The minimum absolute atomic E-state index is 0.0275. The number of carbonyl (C=O) groups excluding carboxylic acids is 1. The van der Waals surface area contributed by atoms with Crippen LogP contribution in [-0.4, -0.2) is 48.1 Å². The van der Waals surface area contributed by atoms with Crippen molar-refractivity contribution in [3.8, 4) is 0 Å². The Kier molecular flexibility index (Phi) is 8.79. The third-order valence-corrected chi connectivity index (χ3v) is 5.38. The van der Waals surface area contributed by atoms with Crippen molar-refractivity contribution in [1.82, 2.24) is 14.7 Å². The standard InChI is InChI=1S/C20H29FN4O2S/c1-14(2)15(3)22-19(26)9-10-25(11-12-27-4)20-23-18(24-28-20)13-16-5-7-17(21)8-6-16/h5-8,14-15H,9-13H2,1-4H3,(H,22,26). The number of hydrogen-bond donors (Lipinski definition) is 1. The molecular weight excluding hydrogens is 379 g/mol. The first kappa shape index (κ1) is 22.2. The molecule has 154 valence electrons. The zero-order valence-corrected chi connectivity index (χ0v) is 17.8. The van der Waals surface area contributed by atoms with E-state index in [1.165, 1.54) is 23.7 Å². The number of aromatic nitrogens is 2. The molecule has 1 unspecified atom stereocenters. The van der Waals surface area contributed by atoms with Gasteiger partial charge in [-0.15, -0.1) is 0 Å². The second-order valence-corrected chi connectivity index (χ2v) is 7.86. The fourth-order valence-electron chi connectivity index (χ4n) is 2.46. The summed E-state index contributed by atoms with van der Waals surface area (Å²) in [6.07, 6.45) is 0.926. The number of hydrogen-bond acceptors (Lipinski definition) is 6. The minimum atomic E-state index is -0.258. The Labute approximate surface area is 170 Å².